The fraction of sp³-hybridized carbons (Fsp3) is 0.667. The first-order chi connectivity index (χ1) is 11.8. The van der Waals surface area contributed by atoms with Gasteiger partial charge in [-0.15, -0.1) is 0 Å². The molecule has 0 spiro atoms. The molecule has 0 aromatic heterocycles. The maximum absolute atomic E-state index is 12.1. The van der Waals surface area contributed by atoms with Crippen LogP contribution in [0.2, 0.25) is 0 Å². The molecule has 0 unspecified atom stereocenters. The van der Waals surface area contributed by atoms with Gasteiger partial charge in [-0.05, 0) is 76.4 Å². The van der Waals surface area contributed by atoms with E-state index in [1.807, 2.05) is 20.8 Å². The number of carbonyl (C=O) groups is 1. The summed E-state index contributed by atoms with van der Waals surface area (Å²) < 4.78 is 5.40. The summed E-state index contributed by atoms with van der Waals surface area (Å²) in [6, 6.07) is 10.7. The molecule has 1 aromatic carbocycles. The average molecular weight is 347 g/mol. The van der Waals surface area contributed by atoms with Crippen molar-refractivity contribution in [3.8, 4) is 0 Å². The van der Waals surface area contributed by atoms with Gasteiger partial charge in [0.15, 0.2) is 0 Å². The van der Waals surface area contributed by atoms with Crippen LogP contribution in [0.15, 0.2) is 30.3 Å². The number of rotatable bonds is 6. The minimum absolute atomic E-state index is 0.307. The predicted octanol–water partition coefficient (Wildman–Crippen LogP) is 4.32. The fourth-order valence-electron chi connectivity index (χ4n) is 3.66. The SMILES string of the molecule is C[C@@H](C[C@H](CNC(=O)OC(C)(C)C)C1CCNCC1)c1ccccc1. The molecule has 1 aromatic rings. The van der Waals surface area contributed by atoms with Gasteiger partial charge in [-0.1, -0.05) is 37.3 Å². The van der Waals surface area contributed by atoms with E-state index in [0.29, 0.717) is 24.3 Å². The zero-order valence-corrected chi connectivity index (χ0v) is 16.2. The van der Waals surface area contributed by atoms with Gasteiger partial charge in [0.25, 0.3) is 0 Å². The van der Waals surface area contributed by atoms with Crippen molar-refractivity contribution in [3.05, 3.63) is 35.9 Å². The highest BCUT2D eigenvalue weighted by atomic mass is 16.6. The molecule has 1 aliphatic rings. The first-order valence-corrected chi connectivity index (χ1v) is 9.57. The van der Waals surface area contributed by atoms with Crippen LogP contribution in [-0.2, 0) is 4.74 Å². The molecular formula is C21H34N2O2. The van der Waals surface area contributed by atoms with E-state index in [1.165, 1.54) is 18.4 Å². The lowest BCUT2D eigenvalue weighted by Gasteiger charge is -2.33. The van der Waals surface area contributed by atoms with Gasteiger partial charge < -0.3 is 15.4 Å². The fourth-order valence-corrected chi connectivity index (χ4v) is 3.66. The third-order valence-electron chi connectivity index (χ3n) is 4.98. The van der Waals surface area contributed by atoms with Crippen LogP contribution < -0.4 is 10.6 Å². The summed E-state index contributed by atoms with van der Waals surface area (Å²) in [4.78, 5) is 12.1. The van der Waals surface area contributed by atoms with E-state index < -0.39 is 5.60 Å². The molecule has 2 rings (SSSR count). The van der Waals surface area contributed by atoms with E-state index in [-0.39, 0.29) is 6.09 Å². The number of benzene rings is 1. The molecule has 0 bridgehead atoms. The van der Waals surface area contributed by atoms with Gasteiger partial charge in [0.2, 0.25) is 0 Å². The molecule has 2 atom stereocenters. The van der Waals surface area contributed by atoms with Crippen molar-refractivity contribution in [2.75, 3.05) is 19.6 Å². The molecule has 1 fully saturated rings. The van der Waals surface area contributed by atoms with E-state index in [9.17, 15) is 4.79 Å². The predicted molar refractivity (Wildman–Crippen MR) is 103 cm³/mol. The van der Waals surface area contributed by atoms with Gasteiger partial charge in [0.1, 0.15) is 5.60 Å². The molecule has 25 heavy (non-hydrogen) atoms. The Bertz CT molecular complexity index is 518. The molecule has 4 nitrogen and oxygen atoms in total. The third kappa shape index (κ3) is 7.07. The Morgan fingerprint density at radius 3 is 2.48 bits per heavy atom. The summed E-state index contributed by atoms with van der Waals surface area (Å²) in [6.45, 7) is 10.8. The van der Waals surface area contributed by atoms with Gasteiger partial charge >= 0.3 is 6.09 Å². The molecule has 1 amide bonds. The summed E-state index contributed by atoms with van der Waals surface area (Å²) in [5.41, 5.74) is 0.921. The Kier molecular flexibility index (Phi) is 7.30. The molecular weight excluding hydrogens is 312 g/mol. The highest BCUT2D eigenvalue weighted by Crippen LogP contribution is 2.31. The summed E-state index contributed by atoms with van der Waals surface area (Å²) >= 11 is 0. The van der Waals surface area contributed by atoms with Gasteiger partial charge in [-0.25, -0.2) is 4.79 Å². The number of hydrogen-bond acceptors (Lipinski definition) is 3. The van der Waals surface area contributed by atoms with E-state index >= 15 is 0 Å². The monoisotopic (exact) mass is 346 g/mol. The van der Waals surface area contributed by atoms with Crippen LogP contribution in [0.5, 0.6) is 0 Å². The third-order valence-corrected chi connectivity index (χ3v) is 4.98. The molecule has 0 saturated carbocycles. The van der Waals surface area contributed by atoms with E-state index in [1.54, 1.807) is 0 Å². The zero-order chi connectivity index (χ0) is 18.3. The van der Waals surface area contributed by atoms with Gasteiger partial charge in [-0.3, -0.25) is 0 Å². The number of carbonyl (C=O) groups excluding carboxylic acids is 1. The minimum atomic E-state index is -0.453. The lowest BCUT2D eigenvalue weighted by atomic mass is 9.78. The van der Waals surface area contributed by atoms with E-state index in [2.05, 4.69) is 47.9 Å². The number of nitrogens with one attached hydrogen (secondary N) is 2. The Morgan fingerprint density at radius 1 is 1.24 bits per heavy atom. The maximum Gasteiger partial charge on any atom is 0.407 e. The summed E-state index contributed by atoms with van der Waals surface area (Å²) in [7, 11) is 0. The molecule has 0 radical (unpaired) electrons. The number of ether oxygens (including phenoxy) is 1. The number of piperidine rings is 1. The Hall–Kier alpha value is -1.55. The minimum Gasteiger partial charge on any atom is -0.444 e. The van der Waals surface area contributed by atoms with Crippen LogP contribution in [0.3, 0.4) is 0 Å². The lowest BCUT2D eigenvalue weighted by molar-refractivity contribution is 0.0507. The standard InChI is InChI=1S/C21H34N2O2/c1-16(17-8-6-5-7-9-17)14-19(18-10-12-22-13-11-18)15-23-20(24)25-21(2,3)4/h5-9,16,18-19,22H,10-15H2,1-4H3,(H,23,24)/t16-,19+/m0/s1. The molecule has 0 aliphatic carbocycles. The van der Waals surface area contributed by atoms with Crippen LogP contribution in [0.25, 0.3) is 0 Å². The van der Waals surface area contributed by atoms with Crippen molar-refractivity contribution < 1.29 is 9.53 Å². The second-order valence-electron chi connectivity index (χ2n) is 8.28. The van der Waals surface area contributed by atoms with Crippen molar-refractivity contribution in [1.82, 2.24) is 10.6 Å². The van der Waals surface area contributed by atoms with Crippen LogP contribution in [0, 0.1) is 11.8 Å². The molecule has 1 heterocycles. The zero-order valence-electron chi connectivity index (χ0n) is 16.2. The summed E-state index contributed by atoms with van der Waals surface area (Å²) in [5, 5.41) is 6.45. The van der Waals surface area contributed by atoms with Gasteiger partial charge in [0.05, 0.1) is 0 Å². The largest absolute Gasteiger partial charge is 0.444 e. The molecule has 140 valence electrons. The van der Waals surface area contributed by atoms with Crippen LogP contribution >= 0.6 is 0 Å². The quantitative estimate of drug-likeness (QED) is 0.806. The topological polar surface area (TPSA) is 50.4 Å². The van der Waals surface area contributed by atoms with Gasteiger partial charge in [0, 0.05) is 6.54 Å². The van der Waals surface area contributed by atoms with Crippen molar-refractivity contribution >= 4 is 6.09 Å². The van der Waals surface area contributed by atoms with Crippen molar-refractivity contribution in [2.24, 2.45) is 11.8 Å². The smallest absolute Gasteiger partial charge is 0.407 e. The average Bonchev–Trinajstić information content (AvgIpc) is 2.58. The van der Waals surface area contributed by atoms with Crippen LogP contribution in [-0.4, -0.2) is 31.3 Å². The number of amides is 1. The van der Waals surface area contributed by atoms with Crippen LogP contribution in [0.1, 0.15) is 58.4 Å². The normalized spacial score (nSPS) is 18.4. The Labute approximate surface area is 152 Å². The molecule has 1 aliphatic heterocycles. The molecule has 1 saturated heterocycles. The van der Waals surface area contributed by atoms with Crippen LogP contribution in [0.4, 0.5) is 4.79 Å². The first kappa shape index (κ1) is 19.8. The highest BCUT2D eigenvalue weighted by Gasteiger charge is 2.27. The van der Waals surface area contributed by atoms with Gasteiger partial charge in [-0.2, -0.15) is 0 Å². The maximum atomic E-state index is 12.1. The van der Waals surface area contributed by atoms with Crippen molar-refractivity contribution in [1.29, 1.82) is 0 Å². The van der Waals surface area contributed by atoms with E-state index in [4.69, 9.17) is 4.74 Å². The highest BCUT2D eigenvalue weighted by molar-refractivity contribution is 5.67. The number of hydrogen-bond donors (Lipinski definition) is 2. The number of alkyl carbamates (subject to hydrolysis) is 1. The van der Waals surface area contributed by atoms with Crippen molar-refractivity contribution in [2.45, 2.75) is 58.5 Å². The molecule has 2 N–H and O–H groups in total. The first-order valence-electron chi connectivity index (χ1n) is 9.57. The lowest BCUT2D eigenvalue weighted by Crippen LogP contribution is -2.40. The summed E-state index contributed by atoms with van der Waals surface area (Å²) in [5.74, 6) is 1.62. The molecule has 4 heteroatoms. The second kappa shape index (κ2) is 9.23. The Morgan fingerprint density at radius 2 is 1.88 bits per heavy atom. The Balaban J connectivity index is 1.96. The van der Waals surface area contributed by atoms with E-state index in [0.717, 1.165) is 19.5 Å². The summed E-state index contributed by atoms with van der Waals surface area (Å²) in [6.07, 6.45) is 3.15. The second-order valence-corrected chi connectivity index (χ2v) is 8.28. The van der Waals surface area contributed by atoms with Crippen molar-refractivity contribution in [3.63, 3.8) is 0 Å².